The van der Waals surface area contributed by atoms with Gasteiger partial charge in [-0.05, 0) is 13.0 Å². The number of carbonyl (C=O) groups is 2. The zero-order valence-electron chi connectivity index (χ0n) is 6.42. The molecular formula is C7H8N2O3. The maximum atomic E-state index is 10.8. The fourth-order valence-electron chi connectivity index (χ4n) is 0.877. The third-order valence-electron chi connectivity index (χ3n) is 1.46. The second-order valence-corrected chi connectivity index (χ2v) is 2.37. The number of H-pyrrole nitrogens is 1. The fourth-order valence-corrected chi connectivity index (χ4v) is 0.877. The van der Waals surface area contributed by atoms with Gasteiger partial charge in [0.1, 0.15) is 11.5 Å². The summed E-state index contributed by atoms with van der Waals surface area (Å²) < 4.78 is 0. The summed E-state index contributed by atoms with van der Waals surface area (Å²) in [7, 11) is 0. The van der Waals surface area contributed by atoms with E-state index >= 15 is 0 Å². The highest BCUT2D eigenvalue weighted by Gasteiger charge is 2.12. The molecule has 0 spiro atoms. The molecule has 0 amide bonds. The summed E-state index contributed by atoms with van der Waals surface area (Å²) in [6, 6.07) is 1.22. The van der Waals surface area contributed by atoms with Crippen molar-refractivity contribution in [2.45, 2.75) is 6.92 Å². The monoisotopic (exact) mass is 168 g/mol. The molecule has 0 saturated carbocycles. The standard InChI is InChI=1S/C7H8N2O3/c1-3(10)4-2-5(7(11)12)9-6(4)8/h2,9H,8H2,1H3,(H,11,12). The molecule has 5 heteroatoms. The highest BCUT2D eigenvalue weighted by Crippen LogP contribution is 2.13. The first kappa shape index (κ1) is 8.32. The lowest BCUT2D eigenvalue weighted by atomic mass is 10.2. The number of nitrogens with one attached hydrogen (secondary N) is 1. The van der Waals surface area contributed by atoms with Gasteiger partial charge in [0.15, 0.2) is 5.78 Å². The van der Waals surface area contributed by atoms with Gasteiger partial charge in [0.2, 0.25) is 0 Å². The van der Waals surface area contributed by atoms with Gasteiger partial charge in [-0.3, -0.25) is 4.79 Å². The number of aromatic amines is 1. The highest BCUT2D eigenvalue weighted by atomic mass is 16.4. The number of carboxylic acids is 1. The lowest BCUT2D eigenvalue weighted by Gasteiger charge is -1.88. The summed E-state index contributed by atoms with van der Waals surface area (Å²) in [4.78, 5) is 23.6. The molecule has 64 valence electrons. The first-order valence-electron chi connectivity index (χ1n) is 3.25. The van der Waals surface area contributed by atoms with Crippen LogP contribution in [0.4, 0.5) is 5.82 Å². The van der Waals surface area contributed by atoms with Gasteiger partial charge < -0.3 is 15.8 Å². The lowest BCUT2D eigenvalue weighted by Crippen LogP contribution is -1.96. The summed E-state index contributed by atoms with van der Waals surface area (Å²) in [5.74, 6) is -1.29. The first-order valence-corrected chi connectivity index (χ1v) is 3.25. The number of aromatic nitrogens is 1. The van der Waals surface area contributed by atoms with E-state index in [9.17, 15) is 9.59 Å². The molecule has 0 fully saturated rings. The number of carbonyl (C=O) groups excluding carboxylic acids is 1. The van der Waals surface area contributed by atoms with Crippen molar-refractivity contribution < 1.29 is 14.7 Å². The molecule has 1 rings (SSSR count). The van der Waals surface area contributed by atoms with E-state index in [-0.39, 0.29) is 22.9 Å². The topological polar surface area (TPSA) is 96.2 Å². The molecule has 4 N–H and O–H groups in total. The summed E-state index contributed by atoms with van der Waals surface area (Å²) >= 11 is 0. The number of carboxylic acid groups (broad SMARTS) is 1. The van der Waals surface area contributed by atoms with Crippen LogP contribution in [0.5, 0.6) is 0 Å². The summed E-state index contributed by atoms with van der Waals surface area (Å²) in [5, 5.41) is 8.51. The van der Waals surface area contributed by atoms with Crippen LogP contribution in [-0.2, 0) is 0 Å². The van der Waals surface area contributed by atoms with E-state index in [4.69, 9.17) is 10.8 Å². The zero-order chi connectivity index (χ0) is 9.30. The third kappa shape index (κ3) is 1.29. The van der Waals surface area contributed by atoms with Crippen molar-refractivity contribution in [3.8, 4) is 0 Å². The predicted molar refractivity (Wildman–Crippen MR) is 42.2 cm³/mol. The molecule has 0 radical (unpaired) electrons. The second kappa shape index (κ2) is 2.69. The van der Waals surface area contributed by atoms with Gasteiger partial charge in [0.25, 0.3) is 0 Å². The first-order chi connectivity index (χ1) is 5.52. The Morgan fingerprint density at radius 1 is 1.58 bits per heavy atom. The molecule has 0 aliphatic rings. The number of nitrogens with two attached hydrogens (primary N) is 1. The van der Waals surface area contributed by atoms with E-state index < -0.39 is 5.97 Å². The normalized spacial score (nSPS) is 9.75. The molecular weight excluding hydrogens is 160 g/mol. The van der Waals surface area contributed by atoms with Crippen molar-refractivity contribution in [3.63, 3.8) is 0 Å². The quantitative estimate of drug-likeness (QED) is 0.560. The number of hydrogen-bond acceptors (Lipinski definition) is 3. The van der Waals surface area contributed by atoms with Gasteiger partial charge >= 0.3 is 5.97 Å². The Balaban J connectivity index is 3.17. The molecule has 0 unspecified atom stereocenters. The number of hydrogen-bond donors (Lipinski definition) is 3. The molecule has 1 aromatic heterocycles. The van der Waals surface area contributed by atoms with E-state index in [0.29, 0.717) is 0 Å². The van der Waals surface area contributed by atoms with Crippen LogP contribution in [0.2, 0.25) is 0 Å². The Morgan fingerprint density at radius 3 is 2.42 bits per heavy atom. The summed E-state index contributed by atoms with van der Waals surface area (Å²) in [5.41, 5.74) is 5.48. The van der Waals surface area contributed by atoms with E-state index in [1.165, 1.54) is 13.0 Å². The molecule has 1 aromatic rings. The molecule has 0 aromatic carbocycles. The van der Waals surface area contributed by atoms with Crippen molar-refractivity contribution in [1.82, 2.24) is 4.98 Å². The van der Waals surface area contributed by atoms with Gasteiger partial charge in [-0.1, -0.05) is 0 Å². The number of nitrogen functional groups attached to an aromatic ring is 1. The Kier molecular flexibility index (Phi) is 1.86. The van der Waals surface area contributed by atoms with Gasteiger partial charge in [-0.2, -0.15) is 0 Å². The second-order valence-electron chi connectivity index (χ2n) is 2.37. The Morgan fingerprint density at radius 2 is 2.17 bits per heavy atom. The van der Waals surface area contributed by atoms with Crippen molar-refractivity contribution >= 4 is 17.6 Å². The molecule has 12 heavy (non-hydrogen) atoms. The minimum atomic E-state index is -1.13. The number of anilines is 1. The van der Waals surface area contributed by atoms with E-state index in [1.54, 1.807) is 0 Å². The molecule has 0 atom stereocenters. The van der Waals surface area contributed by atoms with Crippen molar-refractivity contribution in [3.05, 3.63) is 17.3 Å². The van der Waals surface area contributed by atoms with Gasteiger partial charge in [0, 0.05) is 0 Å². The molecule has 0 aliphatic carbocycles. The fraction of sp³-hybridized carbons (Fsp3) is 0.143. The van der Waals surface area contributed by atoms with Crippen LogP contribution in [0.1, 0.15) is 27.8 Å². The molecule has 0 bridgehead atoms. The molecule has 5 nitrogen and oxygen atoms in total. The maximum Gasteiger partial charge on any atom is 0.352 e. The maximum absolute atomic E-state index is 10.8. The van der Waals surface area contributed by atoms with Crippen LogP contribution < -0.4 is 5.73 Å². The van der Waals surface area contributed by atoms with Crippen LogP contribution in [0, 0.1) is 0 Å². The van der Waals surface area contributed by atoms with Crippen LogP contribution in [0.15, 0.2) is 6.07 Å². The van der Waals surface area contributed by atoms with Crippen molar-refractivity contribution in [2.75, 3.05) is 5.73 Å². The average Bonchev–Trinajstić information content (AvgIpc) is 2.30. The van der Waals surface area contributed by atoms with E-state index in [0.717, 1.165) is 0 Å². The van der Waals surface area contributed by atoms with Crippen molar-refractivity contribution in [2.24, 2.45) is 0 Å². The van der Waals surface area contributed by atoms with Crippen LogP contribution in [0.3, 0.4) is 0 Å². The van der Waals surface area contributed by atoms with Crippen LogP contribution in [-0.4, -0.2) is 21.8 Å². The summed E-state index contributed by atoms with van der Waals surface area (Å²) in [6.45, 7) is 1.32. The molecule has 0 saturated heterocycles. The van der Waals surface area contributed by atoms with Crippen LogP contribution in [0.25, 0.3) is 0 Å². The Bertz CT molecular complexity index is 340. The number of ketones is 1. The van der Waals surface area contributed by atoms with Gasteiger partial charge in [0.05, 0.1) is 5.56 Å². The smallest absolute Gasteiger partial charge is 0.352 e. The molecule has 1 heterocycles. The highest BCUT2D eigenvalue weighted by molar-refractivity contribution is 6.01. The third-order valence-corrected chi connectivity index (χ3v) is 1.46. The Hall–Kier alpha value is -1.78. The lowest BCUT2D eigenvalue weighted by molar-refractivity contribution is 0.0691. The number of rotatable bonds is 2. The van der Waals surface area contributed by atoms with E-state index in [1.807, 2.05) is 0 Å². The number of aromatic carboxylic acids is 1. The van der Waals surface area contributed by atoms with Gasteiger partial charge in [-0.15, -0.1) is 0 Å². The average molecular weight is 168 g/mol. The van der Waals surface area contributed by atoms with Crippen molar-refractivity contribution in [1.29, 1.82) is 0 Å². The summed E-state index contributed by atoms with van der Waals surface area (Å²) in [6.07, 6.45) is 0. The minimum Gasteiger partial charge on any atom is -0.477 e. The largest absolute Gasteiger partial charge is 0.477 e. The SMILES string of the molecule is CC(=O)c1cc(C(=O)O)[nH]c1N. The minimum absolute atomic E-state index is 0.0716. The van der Waals surface area contributed by atoms with Gasteiger partial charge in [-0.25, -0.2) is 4.79 Å². The zero-order valence-corrected chi connectivity index (χ0v) is 6.42. The Labute approximate surface area is 68.2 Å². The predicted octanol–water partition coefficient (Wildman–Crippen LogP) is 0.498. The molecule has 0 aliphatic heterocycles. The van der Waals surface area contributed by atoms with Crippen LogP contribution >= 0.6 is 0 Å². The van der Waals surface area contributed by atoms with E-state index in [2.05, 4.69) is 4.98 Å². The number of Topliss-reactive ketones (excluding diaryl/α,β-unsaturated/α-hetero) is 1.